The molecule has 8 heteroatoms. The van der Waals surface area contributed by atoms with E-state index in [1.165, 1.54) is 18.2 Å². The molecule has 1 unspecified atom stereocenters. The third kappa shape index (κ3) is 5.02. The molecule has 0 saturated carbocycles. The van der Waals surface area contributed by atoms with Crippen LogP contribution in [-0.2, 0) is 4.79 Å². The van der Waals surface area contributed by atoms with Gasteiger partial charge >= 0.3 is 0 Å². The van der Waals surface area contributed by atoms with E-state index < -0.39 is 0 Å². The number of ether oxygens (including phenoxy) is 1. The summed E-state index contributed by atoms with van der Waals surface area (Å²) in [5.74, 6) is 0.619. The maximum Gasteiger partial charge on any atom is 0.247 e. The van der Waals surface area contributed by atoms with Crippen LogP contribution in [0.3, 0.4) is 0 Å². The smallest absolute Gasteiger partial charge is 0.247 e. The molecule has 3 heterocycles. The number of likely N-dealkylation sites (N-methyl/N-ethyl adjacent to an activating group) is 1. The van der Waals surface area contributed by atoms with E-state index in [-0.39, 0.29) is 17.8 Å². The molecule has 0 aliphatic carbocycles. The number of likely N-dealkylation sites (tertiary alicyclic amines) is 1. The molecule has 0 spiro atoms. The molecule has 1 aliphatic heterocycles. The highest BCUT2D eigenvalue weighted by molar-refractivity contribution is 6.00. The van der Waals surface area contributed by atoms with Gasteiger partial charge in [-0.1, -0.05) is 18.7 Å². The van der Waals surface area contributed by atoms with Crippen molar-refractivity contribution in [1.29, 1.82) is 0 Å². The second-order valence-corrected chi connectivity index (χ2v) is 8.63. The molecule has 1 fully saturated rings. The number of halogens is 1. The monoisotopic (exact) mass is 471 g/mol. The molecule has 4 aromatic rings. The Balaban J connectivity index is 1.43. The van der Waals surface area contributed by atoms with Crippen LogP contribution in [0.2, 0.25) is 0 Å². The summed E-state index contributed by atoms with van der Waals surface area (Å²) in [6, 6.07) is 15.9. The van der Waals surface area contributed by atoms with Gasteiger partial charge in [-0.25, -0.2) is 9.37 Å². The summed E-state index contributed by atoms with van der Waals surface area (Å²) in [6.45, 7) is 5.35. The minimum absolute atomic E-state index is 0.0675. The van der Waals surface area contributed by atoms with Gasteiger partial charge in [0.2, 0.25) is 5.91 Å². The molecule has 0 bridgehead atoms. The Kier molecular flexibility index (Phi) is 6.20. The van der Waals surface area contributed by atoms with E-state index in [9.17, 15) is 9.18 Å². The number of hydrogen-bond donors (Lipinski definition) is 2. The Morgan fingerprint density at radius 1 is 1.23 bits per heavy atom. The van der Waals surface area contributed by atoms with Crippen molar-refractivity contribution >= 4 is 28.6 Å². The van der Waals surface area contributed by atoms with Crippen molar-refractivity contribution in [2.75, 3.05) is 30.8 Å². The first-order valence-electron chi connectivity index (χ1n) is 11.4. The van der Waals surface area contributed by atoms with Crippen molar-refractivity contribution in [1.82, 2.24) is 14.3 Å². The predicted molar refractivity (Wildman–Crippen MR) is 136 cm³/mol. The minimum atomic E-state index is -0.317. The van der Waals surface area contributed by atoms with Crippen LogP contribution in [0, 0.1) is 5.82 Å². The molecular weight excluding hydrogens is 445 g/mol. The molecular formula is C27H26FN5O2. The first kappa shape index (κ1) is 22.6. The largest absolute Gasteiger partial charge is 0.487 e. The zero-order chi connectivity index (χ0) is 24.4. The van der Waals surface area contributed by atoms with Gasteiger partial charge in [-0.15, -0.1) is 0 Å². The average Bonchev–Trinajstić information content (AvgIpc) is 3.46. The van der Waals surface area contributed by atoms with Gasteiger partial charge in [0.05, 0.1) is 11.2 Å². The number of aromatic nitrogens is 2. The van der Waals surface area contributed by atoms with Crippen LogP contribution >= 0.6 is 0 Å². The summed E-state index contributed by atoms with van der Waals surface area (Å²) in [6.07, 6.45) is 5.82. The molecule has 1 saturated heterocycles. The molecule has 2 aromatic carbocycles. The second-order valence-electron chi connectivity index (χ2n) is 8.63. The Labute approximate surface area is 202 Å². The Hall–Kier alpha value is -4.17. The number of carbonyl (C=O) groups is 1. The number of rotatable bonds is 7. The summed E-state index contributed by atoms with van der Waals surface area (Å²) in [4.78, 5) is 18.7. The fourth-order valence-electron chi connectivity index (χ4n) is 4.28. The predicted octanol–water partition coefficient (Wildman–Crippen LogP) is 5.09. The van der Waals surface area contributed by atoms with E-state index >= 15 is 0 Å². The van der Waals surface area contributed by atoms with Gasteiger partial charge in [-0.05, 0) is 61.5 Å². The van der Waals surface area contributed by atoms with E-state index in [2.05, 4.69) is 34.1 Å². The lowest BCUT2D eigenvalue weighted by molar-refractivity contribution is -0.111. The minimum Gasteiger partial charge on any atom is -0.487 e. The van der Waals surface area contributed by atoms with Gasteiger partial charge in [-0.3, -0.25) is 4.79 Å². The fraction of sp³-hybridized carbons (Fsp3) is 0.185. The molecule has 5 rings (SSSR count). The SMILES string of the molecule is C=CC(=O)Nc1cc(Nc2cc3c(-c4cccc(F)c4)ccn3cn2)ccc1OC1CCN(C)C1. The molecule has 1 aliphatic rings. The summed E-state index contributed by atoms with van der Waals surface area (Å²) in [7, 11) is 2.06. The summed E-state index contributed by atoms with van der Waals surface area (Å²) >= 11 is 0. The summed E-state index contributed by atoms with van der Waals surface area (Å²) < 4.78 is 21.8. The third-order valence-electron chi connectivity index (χ3n) is 6.02. The normalized spacial score (nSPS) is 15.8. The van der Waals surface area contributed by atoms with E-state index in [0.717, 1.165) is 41.8 Å². The van der Waals surface area contributed by atoms with Gasteiger partial charge in [0, 0.05) is 36.6 Å². The lowest BCUT2D eigenvalue weighted by Crippen LogP contribution is -2.22. The number of anilines is 3. The molecule has 2 N–H and O–H groups in total. The number of hydrogen-bond acceptors (Lipinski definition) is 5. The van der Waals surface area contributed by atoms with Crippen molar-refractivity contribution in [3.05, 3.63) is 85.6 Å². The summed E-state index contributed by atoms with van der Waals surface area (Å²) in [5, 5.41) is 6.13. The topological polar surface area (TPSA) is 70.9 Å². The number of amides is 1. The highest BCUT2D eigenvalue weighted by atomic mass is 19.1. The van der Waals surface area contributed by atoms with Gasteiger partial charge in [0.25, 0.3) is 0 Å². The van der Waals surface area contributed by atoms with Crippen molar-refractivity contribution in [2.24, 2.45) is 0 Å². The number of carbonyl (C=O) groups excluding carboxylic acids is 1. The fourth-order valence-corrected chi connectivity index (χ4v) is 4.28. The van der Waals surface area contributed by atoms with Gasteiger partial charge in [0.15, 0.2) is 0 Å². The van der Waals surface area contributed by atoms with Crippen LogP contribution in [0.1, 0.15) is 6.42 Å². The first-order chi connectivity index (χ1) is 17.0. The van der Waals surface area contributed by atoms with E-state index in [0.29, 0.717) is 17.3 Å². The Morgan fingerprint density at radius 3 is 2.89 bits per heavy atom. The Morgan fingerprint density at radius 2 is 2.11 bits per heavy atom. The van der Waals surface area contributed by atoms with Crippen LogP contribution in [0.4, 0.5) is 21.6 Å². The number of nitrogens with one attached hydrogen (secondary N) is 2. The van der Waals surface area contributed by atoms with Crippen LogP contribution in [0.25, 0.3) is 16.6 Å². The van der Waals surface area contributed by atoms with Crippen LogP contribution in [-0.4, -0.2) is 46.4 Å². The molecule has 178 valence electrons. The van der Waals surface area contributed by atoms with Crippen molar-refractivity contribution < 1.29 is 13.9 Å². The van der Waals surface area contributed by atoms with E-state index in [1.807, 2.05) is 47.0 Å². The van der Waals surface area contributed by atoms with Crippen molar-refractivity contribution in [2.45, 2.75) is 12.5 Å². The standard InChI is InChI=1S/C27H26FN5O2/c1-3-27(34)31-23-14-20(7-8-25(23)35-21-9-11-32(2)16-21)30-26-15-24-22(10-12-33(24)17-29-26)18-5-4-6-19(28)13-18/h3-8,10,12-15,17,21,30H,1,9,11,16H2,2H3,(H,31,34). The number of fused-ring (bicyclic) bond motifs is 1. The van der Waals surface area contributed by atoms with Gasteiger partial charge < -0.3 is 24.7 Å². The molecule has 0 radical (unpaired) electrons. The zero-order valence-electron chi connectivity index (χ0n) is 19.4. The van der Waals surface area contributed by atoms with E-state index in [1.54, 1.807) is 12.4 Å². The van der Waals surface area contributed by atoms with Crippen LogP contribution in [0.5, 0.6) is 5.75 Å². The highest BCUT2D eigenvalue weighted by Crippen LogP contribution is 2.32. The first-order valence-corrected chi connectivity index (χ1v) is 11.4. The lowest BCUT2D eigenvalue weighted by atomic mass is 10.1. The van der Waals surface area contributed by atoms with E-state index in [4.69, 9.17) is 4.74 Å². The zero-order valence-corrected chi connectivity index (χ0v) is 19.4. The van der Waals surface area contributed by atoms with Gasteiger partial charge in [0.1, 0.15) is 29.8 Å². The maximum atomic E-state index is 13.8. The maximum absolute atomic E-state index is 13.8. The lowest BCUT2D eigenvalue weighted by Gasteiger charge is -2.18. The second kappa shape index (κ2) is 9.60. The van der Waals surface area contributed by atoms with Crippen molar-refractivity contribution in [3.63, 3.8) is 0 Å². The van der Waals surface area contributed by atoms with Crippen LogP contribution < -0.4 is 15.4 Å². The molecule has 1 atom stereocenters. The van der Waals surface area contributed by atoms with Gasteiger partial charge in [-0.2, -0.15) is 0 Å². The highest BCUT2D eigenvalue weighted by Gasteiger charge is 2.22. The molecule has 1 amide bonds. The van der Waals surface area contributed by atoms with Crippen molar-refractivity contribution in [3.8, 4) is 16.9 Å². The molecule has 7 nitrogen and oxygen atoms in total. The molecule has 2 aromatic heterocycles. The van der Waals surface area contributed by atoms with Crippen LogP contribution in [0.15, 0.2) is 79.8 Å². The summed E-state index contributed by atoms with van der Waals surface area (Å²) in [5.41, 5.74) is 3.87. The average molecular weight is 472 g/mol. The number of nitrogens with zero attached hydrogens (tertiary/aromatic N) is 3. The third-order valence-corrected chi connectivity index (χ3v) is 6.02. The Bertz CT molecular complexity index is 1400. The quantitative estimate of drug-likeness (QED) is 0.368. The number of benzene rings is 2. The molecule has 35 heavy (non-hydrogen) atoms.